The van der Waals surface area contributed by atoms with Gasteiger partial charge in [-0.2, -0.15) is 0 Å². The van der Waals surface area contributed by atoms with Crippen LogP contribution in [0.2, 0.25) is 0 Å². The molecule has 0 atom stereocenters. The van der Waals surface area contributed by atoms with Crippen LogP contribution in [0.3, 0.4) is 0 Å². The second kappa shape index (κ2) is 3.38. The number of para-hydroxylation sites is 1. The van der Waals surface area contributed by atoms with Crippen LogP contribution in [0.4, 0.5) is 0 Å². The molecule has 0 amide bonds. The number of benzene rings is 1. The van der Waals surface area contributed by atoms with E-state index in [1.807, 2.05) is 0 Å². The van der Waals surface area contributed by atoms with Gasteiger partial charge in [0, 0.05) is 30.8 Å². The Kier molecular flexibility index (Phi) is 2.03. The van der Waals surface area contributed by atoms with E-state index < -0.39 is 0 Å². The number of nitrogens with one attached hydrogen (secondary N) is 1. The lowest BCUT2D eigenvalue weighted by Gasteiger charge is -2.04. The third-order valence-electron chi connectivity index (χ3n) is 3.20. The van der Waals surface area contributed by atoms with Gasteiger partial charge in [-0.25, -0.2) is 0 Å². The van der Waals surface area contributed by atoms with Gasteiger partial charge in [0.15, 0.2) is 0 Å². The molecule has 1 heterocycles. The van der Waals surface area contributed by atoms with Gasteiger partial charge < -0.3 is 9.88 Å². The zero-order valence-electron chi connectivity index (χ0n) is 9.03. The highest BCUT2D eigenvalue weighted by atomic mass is 15.0. The molecule has 0 radical (unpaired) electrons. The van der Waals surface area contributed by atoms with Crippen LogP contribution in [0.15, 0.2) is 30.3 Å². The Hall–Kier alpha value is -1.28. The number of aryl methyl sites for hydroxylation is 1. The molecule has 1 aliphatic carbocycles. The molecule has 2 heteroatoms. The summed E-state index contributed by atoms with van der Waals surface area (Å²) >= 11 is 0. The SMILES string of the molecule is Cn1c(CNC2CC2)cc2ccccc21. The first-order chi connectivity index (χ1) is 7.34. The second-order valence-electron chi connectivity index (χ2n) is 4.41. The van der Waals surface area contributed by atoms with E-state index in [2.05, 4.69) is 47.3 Å². The molecule has 0 aliphatic heterocycles. The van der Waals surface area contributed by atoms with Gasteiger partial charge in [0.05, 0.1) is 0 Å². The van der Waals surface area contributed by atoms with Crippen molar-refractivity contribution < 1.29 is 0 Å². The van der Waals surface area contributed by atoms with E-state index in [-0.39, 0.29) is 0 Å². The molecule has 0 bridgehead atoms. The van der Waals surface area contributed by atoms with Crippen LogP contribution in [0.1, 0.15) is 18.5 Å². The molecular formula is C13H16N2. The smallest absolute Gasteiger partial charge is 0.0480 e. The zero-order chi connectivity index (χ0) is 10.3. The van der Waals surface area contributed by atoms with Gasteiger partial charge in [-0.05, 0) is 30.4 Å². The van der Waals surface area contributed by atoms with Gasteiger partial charge in [-0.15, -0.1) is 0 Å². The minimum absolute atomic E-state index is 0.781. The van der Waals surface area contributed by atoms with E-state index in [9.17, 15) is 0 Å². The largest absolute Gasteiger partial charge is 0.346 e. The van der Waals surface area contributed by atoms with Crippen molar-refractivity contribution >= 4 is 10.9 Å². The van der Waals surface area contributed by atoms with Crippen LogP contribution < -0.4 is 5.32 Å². The van der Waals surface area contributed by atoms with Gasteiger partial charge in [-0.1, -0.05) is 18.2 Å². The van der Waals surface area contributed by atoms with Crippen LogP contribution in [0.25, 0.3) is 10.9 Å². The summed E-state index contributed by atoms with van der Waals surface area (Å²) in [6.45, 7) is 0.996. The second-order valence-corrected chi connectivity index (χ2v) is 4.41. The van der Waals surface area contributed by atoms with Gasteiger partial charge >= 0.3 is 0 Å². The average Bonchev–Trinajstić information content (AvgIpc) is 3.03. The standard InChI is InChI=1S/C13H16N2/c1-15-12(9-14-11-6-7-11)8-10-4-2-3-5-13(10)15/h2-5,8,11,14H,6-7,9H2,1H3. The molecule has 3 rings (SSSR count). The van der Waals surface area contributed by atoms with E-state index in [0.717, 1.165) is 12.6 Å². The first-order valence-electron chi connectivity index (χ1n) is 5.61. The molecule has 2 nitrogen and oxygen atoms in total. The van der Waals surface area contributed by atoms with Gasteiger partial charge in [-0.3, -0.25) is 0 Å². The Bertz CT molecular complexity index is 480. The fourth-order valence-corrected chi connectivity index (χ4v) is 2.05. The van der Waals surface area contributed by atoms with Crippen molar-refractivity contribution in [2.45, 2.75) is 25.4 Å². The molecule has 0 saturated heterocycles. The van der Waals surface area contributed by atoms with Crippen molar-refractivity contribution in [3.63, 3.8) is 0 Å². The minimum atomic E-state index is 0.781. The molecular weight excluding hydrogens is 184 g/mol. The summed E-state index contributed by atoms with van der Waals surface area (Å²) in [7, 11) is 2.15. The average molecular weight is 200 g/mol. The summed E-state index contributed by atoms with van der Waals surface area (Å²) in [6, 6.07) is 11.6. The lowest BCUT2D eigenvalue weighted by atomic mass is 10.2. The number of fused-ring (bicyclic) bond motifs is 1. The quantitative estimate of drug-likeness (QED) is 0.805. The number of hydrogen-bond acceptors (Lipinski definition) is 1. The van der Waals surface area contributed by atoms with Crippen molar-refractivity contribution in [2.75, 3.05) is 0 Å². The lowest BCUT2D eigenvalue weighted by molar-refractivity contribution is 0.655. The van der Waals surface area contributed by atoms with Crippen molar-refractivity contribution in [2.24, 2.45) is 7.05 Å². The molecule has 0 spiro atoms. The topological polar surface area (TPSA) is 17.0 Å². The third kappa shape index (κ3) is 1.65. The van der Waals surface area contributed by atoms with E-state index in [1.54, 1.807) is 0 Å². The molecule has 1 aliphatic rings. The maximum atomic E-state index is 3.55. The maximum absolute atomic E-state index is 3.55. The van der Waals surface area contributed by atoms with Crippen LogP contribution in [0.5, 0.6) is 0 Å². The summed E-state index contributed by atoms with van der Waals surface area (Å²) in [5.74, 6) is 0. The minimum Gasteiger partial charge on any atom is -0.346 e. The summed E-state index contributed by atoms with van der Waals surface area (Å²) in [4.78, 5) is 0. The predicted octanol–water partition coefficient (Wildman–Crippen LogP) is 2.43. The van der Waals surface area contributed by atoms with Crippen molar-refractivity contribution in [3.05, 3.63) is 36.0 Å². The van der Waals surface area contributed by atoms with E-state index in [1.165, 1.54) is 29.4 Å². The molecule has 15 heavy (non-hydrogen) atoms. The third-order valence-corrected chi connectivity index (χ3v) is 3.20. The Morgan fingerprint density at radius 1 is 1.33 bits per heavy atom. The molecule has 78 valence electrons. The van der Waals surface area contributed by atoms with E-state index >= 15 is 0 Å². The van der Waals surface area contributed by atoms with Crippen LogP contribution in [-0.2, 0) is 13.6 Å². The van der Waals surface area contributed by atoms with Gasteiger partial charge in [0.1, 0.15) is 0 Å². The fraction of sp³-hybridized carbons (Fsp3) is 0.385. The monoisotopic (exact) mass is 200 g/mol. The van der Waals surface area contributed by atoms with Crippen LogP contribution in [-0.4, -0.2) is 10.6 Å². The Morgan fingerprint density at radius 3 is 2.87 bits per heavy atom. The molecule has 1 aromatic carbocycles. The first-order valence-corrected chi connectivity index (χ1v) is 5.61. The first kappa shape index (κ1) is 8.98. The maximum Gasteiger partial charge on any atom is 0.0480 e. The lowest BCUT2D eigenvalue weighted by Crippen LogP contribution is -2.17. The Labute approximate surface area is 89.9 Å². The van der Waals surface area contributed by atoms with Crippen LogP contribution >= 0.6 is 0 Å². The van der Waals surface area contributed by atoms with Gasteiger partial charge in [0.25, 0.3) is 0 Å². The number of aromatic nitrogens is 1. The number of rotatable bonds is 3. The van der Waals surface area contributed by atoms with E-state index in [4.69, 9.17) is 0 Å². The Balaban J connectivity index is 1.92. The predicted molar refractivity (Wildman–Crippen MR) is 62.8 cm³/mol. The van der Waals surface area contributed by atoms with Crippen molar-refractivity contribution in [1.82, 2.24) is 9.88 Å². The summed E-state index contributed by atoms with van der Waals surface area (Å²) in [5, 5.41) is 4.89. The normalized spacial score (nSPS) is 16.1. The van der Waals surface area contributed by atoms with Gasteiger partial charge in [0.2, 0.25) is 0 Å². The van der Waals surface area contributed by atoms with Crippen LogP contribution in [0, 0.1) is 0 Å². The number of nitrogens with zero attached hydrogens (tertiary/aromatic N) is 1. The molecule has 1 fully saturated rings. The van der Waals surface area contributed by atoms with E-state index in [0.29, 0.717) is 0 Å². The van der Waals surface area contributed by atoms with Crippen molar-refractivity contribution in [3.8, 4) is 0 Å². The molecule has 1 N–H and O–H groups in total. The molecule has 1 saturated carbocycles. The highest BCUT2D eigenvalue weighted by Crippen LogP contribution is 2.21. The highest BCUT2D eigenvalue weighted by molar-refractivity contribution is 5.81. The summed E-state index contributed by atoms with van der Waals surface area (Å²) in [6.07, 6.45) is 2.70. The molecule has 2 aromatic rings. The zero-order valence-corrected chi connectivity index (χ0v) is 9.03. The summed E-state index contributed by atoms with van der Waals surface area (Å²) < 4.78 is 2.28. The molecule has 0 unspecified atom stereocenters. The Morgan fingerprint density at radius 2 is 2.13 bits per heavy atom. The summed E-state index contributed by atoms with van der Waals surface area (Å²) in [5.41, 5.74) is 2.70. The fourth-order valence-electron chi connectivity index (χ4n) is 2.05. The molecule has 1 aromatic heterocycles. The highest BCUT2D eigenvalue weighted by Gasteiger charge is 2.20. The number of hydrogen-bond donors (Lipinski definition) is 1. The van der Waals surface area contributed by atoms with Crippen molar-refractivity contribution in [1.29, 1.82) is 0 Å².